The predicted octanol–water partition coefficient (Wildman–Crippen LogP) is 3.34. The van der Waals surface area contributed by atoms with Crippen molar-refractivity contribution in [2.45, 2.75) is 19.9 Å². The fourth-order valence-corrected chi connectivity index (χ4v) is 1.95. The number of halogens is 1. The topological polar surface area (TPSA) is 25.2 Å². The van der Waals surface area contributed by atoms with Crippen molar-refractivity contribution < 1.29 is 8.81 Å². The van der Waals surface area contributed by atoms with E-state index in [1.165, 1.54) is 0 Å². The van der Waals surface area contributed by atoms with Gasteiger partial charge in [-0.15, -0.1) is 0 Å². The molecule has 0 aliphatic carbocycles. The number of aryl methyl sites for hydroxylation is 2. The fourth-order valence-electron chi connectivity index (χ4n) is 1.95. The summed E-state index contributed by atoms with van der Waals surface area (Å²) in [4.78, 5) is 0. The minimum absolute atomic E-state index is 0.180. The normalized spacial score (nSPS) is 12.7. The van der Waals surface area contributed by atoms with Crippen LogP contribution in [0.3, 0.4) is 0 Å². The van der Waals surface area contributed by atoms with Crippen molar-refractivity contribution >= 4 is 0 Å². The monoisotopic (exact) mass is 233 g/mol. The molecule has 1 heterocycles. The third-order valence-electron chi connectivity index (χ3n) is 2.87. The van der Waals surface area contributed by atoms with Gasteiger partial charge in [-0.2, -0.15) is 0 Å². The van der Waals surface area contributed by atoms with E-state index in [0.717, 1.165) is 11.5 Å². The summed E-state index contributed by atoms with van der Waals surface area (Å²) in [6.45, 7) is 3.64. The Kier molecular flexibility index (Phi) is 3.29. The third kappa shape index (κ3) is 2.24. The van der Waals surface area contributed by atoms with Crippen molar-refractivity contribution in [2.75, 3.05) is 7.05 Å². The van der Waals surface area contributed by atoms with Gasteiger partial charge in [0.25, 0.3) is 0 Å². The van der Waals surface area contributed by atoms with Crippen LogP contribution >= 0.6 is 0 Å². The smallest absolute Gasteiger partial charge is 0.131 e. The summed E-state index contributed by atoms with van der Waals surface area (Å²) in [5, 5.41) is 3.08. The second-order valence-corrected chi connectivity index (χ2v) is 4.15. The first kappa shape index (κ1) is 11.9. The number of nitrogens with one attached hydrogen (secondary N) is 1. The molecule has 0 aliphatic heterocycles. The summed E-state index contributed by atoms with van der Waals surface area (Å²) in [6.07, 6.45) is 0. The van der Waals surface area contributed by atoms with Crippen LogP contribution < -0.4 is 5.32 Å². The highest BCUT2D eigenvalue weighted by Gasteiger charge is 2.19. The summed E-state index contributed by atoms with van der Waals surface area (Å²) >= 11 is 0. The summed E-state index contributed by atoms with van der Waals surface area (Å²) in [6, 6.07) is 8.91. The van der Waals surface area contributed by atoms with Crippen LogP contribution in [0.4, 0.5) is 4.39 Å². The molecule has 0 spiro atoms. The molecule has 17 heavy (non-hydrogen) atoms. The molecule has 0 bridgehead atoms. The van der Waals surface area contributed by atoms with E-state index in [0.29, 0.717) is 11.1 Å². The van der Waals surface area contributed by atoms with Crippen molar-refractivity contribution in [3.63, 3.8) is 0 Å². The lowest BCUT2D eigenvalue weighted by atomic mass is 10.0. The van der Waals surface area contributed by atoms with Crippen molar-refractivity contribution in [3.05, 3.63) is 58.8 Å². The molecule has 2 nitrogen and oxygen atoms in total. The Balaban J connectivity index is 2.45. The Labute approximate surface area is 100 Å². The van der Waals surface area contributed by atoms with Crippen molar-refractivity contribution in [1.29, 1.82) is 0 Å². The Hall–Kier alpha value is -1.61. The predicted molar refractivity (Wildman–Crippen MR) is 65.5 cm³/mol. The van der Waals surface area contributed by atoms with E-state index in [1.807, 2.05) is 25.1 Å². The second-order valence-electron chi connectivity index (χ2n) is 4.15. The first-order valence-corrected chi connectivity index (χ1v) is 5.62. The quantitative estimate of drug-likeness (QED) is 0.879. The summed E-state index contributed by atoms with van der Waals surface area (Å²) in [7, 11) is 1.80. The van der Waals surface area contributed by atoms with E-state index in [1.54, 1.807) is 26.1 Å². The van der Waals surface area contributed by atoms with E-state index in [9.17, 15) is 4.39 Å². The van der Waals surface area contributed by atoms with Crippen LogP contribution in [-0.4, -0.2) is 7.05 Å². The van der Waals surface area contributed by atoms with Crippen LogP contribution in [0.2, 0.25) is 0 Å². The minimum Gasteiger partial charge on any atom is -0.464 e. The van der Waals surface area contributed by atoms with E-state index in [2.05, 4.69) is 5.32 Å². The molecular weight excluding hydrogens is 217 g/mol. The number of furan rings is 1. The van der Waals surface area contributed by atoms with Gasteiger partial charge in [0.2, 0.25) is 0 Å². The van der Waals surface area contributed by atoms with Crippen LogP contribution in [-0.2, 0) is 0 Å². The molecular formula is C14H16FNO. The number of rotatable bonds is 3. The molecule has 0 saturated carbocycles. The van der Waals surface area contributed by atoms with E-state index >= 15 is 0 Å². The molecule has 1 N–H and O–H groups in total. The van der Waals surface area contributed by atoms with Crippen LogP contribution in [0.25, 0.3) is 0 Å². The van der Waals surface area contributed by atoms with Crippen molar-refractivity contribution in [3.8, 4) is 0 Å². The average Bonchev–Trinajstić information content (AvgIpc) is 2.72. The van der Waals surface area contributed by atoms with Gasteiger partial charge < -0.3 is 9.73 Å². The molecule has 1 aromatic heterocycles. The molecule has 1 atom stereocenters. The standard InChI is InChI=1S/C14H16FNO/c1-9-5-4-6-11(13(9)15)14(16-3)12-8-7-10(2)17-12/h4-8,14,16H,1-3H3. The molecule has 0 saturated heterocycles. The lowest BCUT2D eigenvalue weighted by Gasteiger charge is -2.15. The molecule has 90 valence electrons. The van der Waals surface area contributed by atoms with Gasteiger partial charge in [0.15, 0.2) is 0 Å². The van der Waals surface area contributed by atoms with Crippen LogP contribution in [0.15, 0.2) is 34.7 Å². The SMILES string of the molecule is CNC(c1ccc(C)o1)c1cccc(C)c1F. The largest absolute Gasteiger partial charge is 0.464 e. The van der Waals surface area contributed by atoms with Gasteiger partial charge in [-0.1, -0.05) is 18.2 Å². The van der Waals surface area contributed by atoms with Gasteiger partial charge in [-0.05, 0) is 38.6 Å². The first-order valence-electron chi connectivity index (χ1n) is 5.62. The molecule has 0 amide bonds. The molecule has 3 heteroatoms. The van der Waals surface area contributed by atoms with Gasteiger partial charge >= 0.3 is 0 Å². The summed E-state index contributed by atoms with van der Waals surface area (Å²) in [5.41, 5.74) is 1.26. The van der Waals surface area contributed by atoms with Crippen molar-refractivity contribution in [1.82, 2.24) is 5.32 Å². The summed E-state index contributed by atoms with van der Waals surface area (Å²) in [5.74, 6) is 1.38. The number of hydrogen-bond donors (Lipinski definition) is 1. The second kappa shape index (κ2) is 4.72. The van der Waals surface area contributed by atoms with Gasteiger partial charge in [0.1, 0.15) is 17.3 Å². The minimum atomic E-state index is -0.247. The Morgan fingerprint density at radius 1 is 1.18 bits per heavy atom. The molecule has 1 aromatic carbocycles. The van der Waals surface area contributed by atoms with E-state index in [4.69, 9.17) is 4.42 Å². The van der Waals surface area contributed by atoms with Crippen LogP contribution in [0.5, 0.6) is 0 Å². The van der Waals surface area contributed by atoms with Crippen LogP contribution in [0, 0.1) is 19.7 Å². The Morgan fingerprint density at radius 3 is 2.53 bits per heavy atom. The van der Waals surface area contributed by atoms with Gasteiger partial charge in [0.05, 0.1) is 6.04 Å². The molecule has 2 rings (SSSR count). The number of benzene rings is 1. The molecule has 0 aliphatic rings. The zero-order valence-electron chi connectivity index (χ0n) is 10.3. The highest BCUT2D eigenvalue weighted by molar-refractivity contribution is 5.32. The highest BCUT2D eigenvalue weighted by Crippen LogP contribution is 2.26. The first-order chi connectivity index (χ1) is 8.13. The lowest BCUT2D eigenvalue weighted by Crippen LogP contribution is -2.18. The molecule has 1 unspecified atom stereocenters. The zero-order valence-corrected chi connectivity index (χ0v) is 10.3. The number of hydrogen-bond acceptors (Lipinski definition) is 2. The van der Waals surface area contributed by atoms with E-state index in [-0.39, 0.29) is 11.9 Å². The summed E-state index contributed by atoms with van der Waals surface area (Å²) < 4.78 is 19.6. The van der Waals surface area contributed by atoms with E-state index < -0.39 is 0 Å². The van der Waals surface area contributed by atoms with Gasteiger partial charge in [0, 0.05) is 5.56 Å². The zero-order chi connectivity index (χ0) is 12.4. The Morgan fingerprint density at radius 2 is 1.94 bits per heavy atom. The Bertz CT molecular complexity index is 519. The maximum Gasteiger partial charge on any atom is 0.131 e. The average molecular weight is 233 g/mol. The fraction of sp³-hybridized carbons (Fsp3) is 0.286. The van der Waals surface area contributed by atoms with Crippen molar-refractivity contribution in [2.24, 2.45) is 0 Å². The maximum absolute atomic E-state index is 14.0. The molecule has 0 fully saturated rings. The van der Waals surface area contributed by atoms with Gasteiger partial charge in [-0.25, -0.2) is 4.39 Å². The molecule has 2 aromatic rings. The third-order valence-corrected chi connectivity index (χ3v) is 2.87. The highest BCUT2D eigenvalue weighted by atomic mass is 19.1. The lowest BCUT2D eigenvalue weighted by molar-refractivity contribution is 0.435. The van der Waals surface area contributed by atoms with Crippen LogP contribution in [0.1, 0.15) is 28.7 Å². The molecule has 0 radical (unpaired) electrons. The maximum atomic E-state index is 14.0. The van der Waals surface area contributed by atoms with Gasteiger partial charge in [-0.3, -0.25) is 0 Å².